The van der Waals surface area contributed by atoms with Crippen LogP contribution >= 0.6 is 0 Å². The number of hydrogen-bond acceptors (Lipinski definition) is 0. The maximum Gasteiger partial charge on any atom is 0.0725 e. The molecule has 5 aliphatic rings. The van der Waals surface area contributed by atoms with Crippen molar-refractivity contribution >= 4 is 34.0 Å². The van der Waals surface area contributed by atoms with Crippen LogP contribution in [0.4, 0.5) is 0 Å². The lowest BCUT2D eigenvalue weighted by Crippen LogP contribution is -2.26. The van der Waals surface area contributed by atoms with Gasteiger partial charge in [-0.15, -0.1) is 0 Å². The van der Waals surface area contributed by atoms with E-state index in [-0.39, 0.29) is 5.41 Å². The van der Waals surface area contributed by atoms with Gasteiger partial charge in [-0.05, 0) is 200 Å². The highest BCUT2D eigenvalue weighted by Crippen LogP contribution is 2.66. The zero-order valence-electron chi connectivity index (χ0n) is 48.7. The summed E-state index contributed by atoms with van der Waals surface area (Å²) in [6.45, 7) is 6.97. The molecule has 87 heavy (non-hydrogen) atoms. The van der Waals surface area contributed by atoms with Crippen LogP contribution in [0.5, 0.6) is 0 Å². The van der Waals surface area contributed by atoms with Gasteiger partial charge in [0.15, 0.2) is 0 Å². The van der Waals surface area contributed by atoms with Crippen molar-refractivity contribution in [3.8, 4) is 83.6 Å². The van der Waals surface area contributed by atoms with Crippen molar-refractivity contribution in [2.24, 2.45) is 0 Å². The van der Waals surface area contributed by atoms with Crippen molar-refractivity contribution in [3.05, 3.63) is 351 Å². The van der Waals surface area contributed by atoms with Gasteiger partial charge in [0.2, 0.25) is 0 Å². The summed E-state index contributed by atoms with van der Waals surface area (Å²) in [5, 5.41) is 2.52. The summed E-state index contributed by atoms with van der Waals surface area (Å²) in [4.78, 5) is 0. The number of nitrogens with zero attached hydrogens (tertiary/aromatic N) is 1. The second-order valence-corrected chi connectivity index (χ2v) is 25.5. The summed E-state index contributed by atoms with van der Waals surface area (Å²) in [6.07, 6.45) is 4.59. The van der Waals surface area contributed by atoms with Crippen LogP contribution in [0.25, 0.3) is 118 Å². The molecule has 0 bridgehead atoms. The molecular formula is C86H57N. The van der Waals surface area contributed by atoms with E-state index in [4.69, 9.17) is 0 Å². The first-order valence-electron chi connectivity index (χ1n) is 30.8. The molecule has 0 fully saturated rings. The Kier molecular flexibility index (Phi) is 9.81. The first-order chi connectivity index (χ1) is 42.8. The minimum absolute atomic E-state index is 0.0743. The quantitative estimate of drug-likeness (QED) is 0.151. The van der Waals surface area contributed by atoms with Crippen LogP contribution in [0.1, 0.15) is 86.2 Å². The van der Waals surface area contributed by atoms with E-state index in [0.717, 1.165) is 5.56 Å². The van der Waals surface area contributed by atoms with Crippen LogP contribution < -0.4 is 0 Å². The van der Waals surface area contributed by atoms with Crippen LogP contribution in [0.2, 0.25) is 0 Å². The molecule has 1 heterocycles. The van der Waals surface area contributed by atoms with E-state index >= 15 is 0 Å². The SMILES string of the molecule is Cc1ccc2c(c1)C1(c3ccccc3-c3ccccc31)c1cc(-c3ccc4c(c3)C3(c5ccccc5-c5ccccc53)c3cc(C=Cc5ccc(-c6ccc7c(c6)c6ccccc6n7-c6ccc7c(c6)C(C)(C)c6ccccc6-7)cc5)ccc3-4)ccc1-2. The minimum Gasteiger partial charge on any atom is -0.309 e. The fourth-order valence-corrected chi connectivity index (χ4v) is 17.1. The van der Waals surface area contributed by atoms with Crippen molar-refractivity contribution in [2.45, 2.75) is 37.0 Å². The van der Waals surface area contributed by atoms with Crippen LogP contribution in [0.15, 0.2) is 279 Å². The average Bonchev–Trinajstić information content (AvgIpc) is 1.54. The second kappa shape index (κ2) is 17.5. The number of rotatable bonds is 5. The maximum atomic E-state index is 2.55. The van der Waals surface area contributed by atoms with E-state index < -0.39 is 10.8 Å². The molecule has 0 radical (unpaired) electrons. The third-order valence-corrected chi connectivity index (χ3v) is 20.9. The molecule has 0 N–H and O–H groups in total. The van der Waals surface area contributed by atoms with Gasteiger partial charge in [0, 0.05) is 21.9 Å². The highest BCUT2D eigenvalue weighted by atomic mass is 15.0. The van der Waals surface area contributed by atoms with Crippen LogP contribution in [0, 0.1) is 6.92 Å². The molecule has 406 valence electrons. The zero-order valence-corrected chi connectivity index (χ0v) is 48.7. The molecule has 0 unspecified atom stereocenters. The Hall–Kier alpha value is -10.6. The summed E-state index contributed by atoms with van der Waals surface area (Å²) in [6, 6.07) is 107. The second-order valence-electron chi connectivity index (χ2n) is 25.5. The Bertz CT molecular complexity index is 5290. The largest absolute Gasteiger partial charge is 0.309 e. The average molecular weight is 1100 g/mol. The molecule has 19 rings (SSSR count). The molecule has 0 saturated heterocycles. The van der Waals surface area contributed by atoms with Crippen molar-refractivity contribution in [1.29, 1.82) is 0 Å². The lowest BCUT2D eigenvalue weighted by molar-refractivity contribution is 0.660. The number of fused-ring (bicyclic) bond motifs is 26. The highest BCUT2D eigenvalue weighted by Gasteiger charge is 2.54. The summed E-state index contributed by atoms with van der Waals surface area (Å²) in [5.74, 6) is 0. The van der Waals surface area contributed by atoms with Gasteiger partial charge in [-0.25, -0.2) is 0 Å². The van der Waals surface area contributed by atoms with Gasteiger partial charge in [0.25, 0.3) is 0 Å². The van der Waals surface area contributed by atoms with Crippen LogP contribution in [0.3, 0.4) is 0 Å². The number of benzene rings is 13. The van der Waals surface area contributed by atoms with Gasteiger partial charge < -0.3 is 4.57 Å². The van der Waals surface area contributed by atoms with E-state index in [1.807, 2.05) is 0 Å². The molecular weight excluding hydrogens is 1050 g/mol. The third kappa shape index (κ3) is 6.38. The molecule has 1 nitrogen and oxygen atoms in total. The Balaban J connectivity index is 0.687. The lowest BCUT2D eigenvalue weighted by atomic mass is 9.69. The van der Waals surface area contributed by atoms with Crippen molar-refractivity contribution in [1.82, 2.24) is 4.57 Å². The van der Waals surface area contributed by atoms with E-state index in [0.29, 0.717) is 0 Å². The maximum absolute atomic E-state index is 2.55. The number of hydrogen-bond donors (Lipinski definition) is 0. The van der Waals surface area contributed by atoms with Crippen molar-refractivity contribution < 1.29 is 0 Å². The van der Waals surface area contributed by atoms with Crippen LogP contribution in [-0.4, -0.2) is 4.57 Å². The van der Waals surface area contributed by atoms with E-state index in [2.05, 4.69) is 317 Å². The standard InChI is InChI=1S/C86H57N/c1-52-28-40-66-68-42-36-57(49-80(68)85(78(66)46-52)73-23-11-5-17-61(73)62-18-6-12-24-74(62)85)58-37-43-69-67-41-33-54(47-79(67)86(81(69)50-58)75-25-13-7-19-63(75)64-20-8-14-26-76(64)86)30-29-53-31-34-55(35-32-53)56-38-45-83-71(48-56)70-21-9-15-27-82(70)87(83)59-39-44-65-60-16-4-10-22-72(60)84(2,3)77(65)51-59/h4-51H,1-3H3. The normalized spacial score (nSPS) is 14.8. The Labute approximate surface area is 507 Å². The predicted molar refractivity (Wildman–Crippen MR) is 362 cm³/mol. The molecule has 0 saturated carbocycles. The van der Waals surface area contributed by atoms with Crippen molar-refractivity contribution in [2.75, 3.05) is 0 Å². The van der Waals surface area contributed by atoms with Gasteiger partial charge in [-0.2, -0.15) is 0 Å². The predicted octanol–water partition coefficient (Wildman–Crippen LogP) is 21.6. The molecule has 2 spiro atoms. The minimum atomic E-state index is -0.507. The molecule has 1 heteroatoms. The topological polar surface area (TPSA) is 4.93 Å². The number of aryl methyl sites for hydroxylation is 1. The molecule has 0 atom stereocenters. The summed E-state index contributed by atoms with van der Waals surface area (Å²) >= 11 is 0. The van der Waals surface area contributed by atoms with Gasteiger partial charge in [-0.3, -0.25) is 0 Å². The third-order valence-electron chi connectivity index (χ3n) is 20.9. The smallest absolute Gasteiger partial charge is 0.0725 e. The number of aromatic nitrogens is 1. The molecule has 0 amide bonds. The van der Waals surface area contributed by atoms with E-state index in [1.165, 1.54) is 172 Å². The first-order valence-corrected chi connectivity index (χ1v) is 30.8. The molecule has 0 aliphatic heterocycles. The summed E-state index contributed by atoms with van der Waals surface area (Å²) in [7, 11) is 0. The van der Waals surface area contributed by atoms with Crippen molar-refractivity contribution in [3.63, 3.8) is 0 Å². The fraction of sp³-hybridized carbons (Fsp3) is 0.0698. The molecule has 14 aromatic rings. The Morgan fingerprint density at radius 2 is 0.655 bits per heavy atom. The monoisotopic (exact) mass is 1100 g/mol. The van der Waals surface area contributed by atoms with Gasteiger partial charge in [-0.1, -0.05) is 262 Å². The molecule has 13 aromatic carbocycles. The Morgan fingerprint density at radius 1 is 0.264 bits per heavy atom. The fourth-order valence-electron chi connectivity index (χ4n) is 17.1. The lowest BCUT2D eigenvalue weighted by Gasteiger charge is -2.31. The summed E-state index contributed by atoms with van der Waals surface area (Å²) in [5.41, 5.74) is 38.0. The van der Waals surface area contributed by atoms with E-state index in [1.54, 1.807) is 0 Å². The van der Waals surface area contributed by atoms with Gasteiger partial charge in [0.1, 0.15) is 0 Å². The Morgan fingerprint density at radius 3 is 1.25 bits per heavy atom. The van der Waals surface area contributed by atoms with Gasteiger partial charge in [0.05, 0.1) is 21.9 Å². The van der Waals surface area contributed by atoms with E-state index in [9.17, 15) is 0 Å². The first kappa shape index (κ1) is 48.7. The molecule has 5 aliphatic carbocycles. The zero-order chi connectivity index (χ0) is 57.5. The van der Waals surface area contributed by atoms with Gasteiger partial charge >= 0.3 is 0 Å². The molecule has 1 aromatic heterocycles. The number of para-hydroxylation sites is 1. The highest BCUT2D eigenvalue weighted by molar-refractivity contribution is 6.11. The summed E-state index contributed by atoms with van der Waals surface area (Å²) < 4.78 is 2.46. The van der Waals surface area contributed by atoms with Crippen LogP contribution in [-0.2, 0) is 16.2 Å².